The van der Waals surface area contributed by atoms with Crippen molar-refractivity contribution < 1.29 is 9.53 Å². The van der Waals surface area contributed by atoms with E-state index < -0.39 is 0 Å². The fraction of sp³-hybridized carbons (Fsp3) is 0.480. The summed E-state index contributed by atoms with van der Waals surface area (Å²) in [5.41, 5.74) is 4.43. The van der Waals surface area contributed by atoms with E-state index in [1.165, 1.54) is 5.69 Å². The molecule has 0 unspecified atom stereocenters. The van der Waals surface area contributed by atoms with Crippen molar-refractivity contribution in [3.05, 3.63) is 47.8 Å². The smallest absolute Gasteiger partial charge is 0.223 e. The summed E-state index contributed by atoms with van der Waals surface area (Å²) >= 11 is 0. The molecular weight excluding hydrogens is 416 g/mol. The van der Waals surface area contributed by atoms with E-state index in [4.69, 9.17) is 4.74 Å². The van der Waals surface area contributed by atoms with E-state index in [-0.39, 0.29) is 11.8 Å². The van der Waals surface area contributed by atoms with Gasteiger partial charge in [-0.15, -0.1) is 0 Å². The predicted molar refractivity (Wildman–Crippen MR) is 130 cm³/mol. The van der Waals surface area contributed by atoms with Crippen molar-refractivity contribution in [2.75, 3.05) is 49.2 Å². The molecular formula is C25H32N6O2. The van der Waals surface area contributed by atoms with E-state index in [1.54, 1.807) is 0 Å². The summed E-state index contributed by atoms with van der Waals surface area (Å²) in [5.74, 6) is 1.16. The molecule has 2 aliphatic heterocycles. The minimum absolute atomic E-state index is 0.0429. The third-order valence-corrected chi connectivity index (χ3v) is 6.86. The molecule has 8 heteroatoms. The minimum atomic E-state index is 0.0429. The van der Waals surface area contributed by atoms with Crippen molar-refractivity contribution in [3.63, 3.8) is 0 Å². The number of piperidine rings is 1. The van der Waals surface area contributed by atoms with E-state index in [1.807, 2.05) is 30.9 Å². The van der Waals surface area contributed by atoms with Crippen LogP contribution in [0.2, 0.25) is 0 Å². The van der Waals surface area contributed by atoms with Crippen LogP contribution in [0.1, 0.15) is 24.1 Å². The van der Waals surface area contributed by atoms with Gasteiger partial charge in [-0.25, -0.2) is 4.98 Å². The van der Waals surface area contributed by atoms with Crippen molar-refractivity contribution in [3.8, 4) is 0 Å². The number of aryl methyl sites for hydroxylation is 2. The number of rotatable bonds is 5. The van der Waals surface area contributed by atoms with E-state index in [2.05, 4.69) is 49.5 Å². The zero-order valence-electron chi connectivity index (χ0n) is 19.5. The van der Waals surface area contributed by atoms with Crippen LogP contribution in [0, 0.1) is 12.8 Å². The Morgan fingerprint density at radius 2 is 1.79 bits per heavy atom. The van der Waals surface area contributed by atoms with Gasteiger partial charge in [0.1, 0.15) is 5.52 Å². The number of morpholine rings is 1. The predicted octanol–water partition coefficient (Wildman–Crippen LogP) is 2.65. The Kier molecular flexibility index (Phi) is 6.17. The summed E-state index contributed by atoms with van der Waals surface area (Å²) in [5, 5.41) is 8.84. The quantitative estimate of drug-likeness (QED) is 0.647. The Bertz CT molecular complexity index is 1110. The highest BCUT2D eigenvalue weighted by atomic mass is 16.5. The number of aromatic nitrogens is 3. The van der Waals surface area contributed by atoms with E-state index in [0.717, 1.165) is 80.2 Å². The summed E-state index contributed by atoms with van der Waals surface area (Å²) < 4.78 is 7.34. The maximum absolute atomic E-state index is 12.8. The topological polar surface area (TPSA) is 75.5 Å². The number of carbonyl (C=O) groups is 1. The Labute approximate surface area is 194 Å². The Morgan fingerprint density at radius 3 is 2.52 bits per heavy atom. The fourth-order valence-electron chi connectivity index (χ4n) is 4.95. The van der Waals surface area contributed by atoms with Crippen LogP contribution in [0.15, 0.2) is 36.5 Å². The molecule has 1 aromatic carbocycles. The Morgan fingerprint density at radius 1 is 1.06 bits per heavy atom. The number of carbonyl (C=O) groups excluding carboxylic acids is 1. The van der Waals surface area contributed by atoms with Gasteiger partial charge in [0, 0.05) is 63.0 Å². The first-order valence-electron chi connectivity index (χ1n) is 11.8. The second kappa shape index (κ2) is 9.39. The zero-order valence-corrected chi connectivity index (χ0v) is 19.5. The van der Waals surface area contributed by atoms with Crippen LogP contribution in [0.4, 0.5) is 11.5 Å². The van der Waals surface area contributed by atoms with Gasteiger partial charge in [-0.1, -0.05) is 12.1 Å². The van der Waals surface area contributed by atoms with Gasteiger partial charge in [-0.3, -0.25) is 9.48 Å². The van der Waals surface area contributed by atoms with Crippen LogP contribution in [0.3, 0.4) is 0 Å². The highest BCUT2D eigenvalue weighted by molar-refractivity contribution is 5.91. The number of nitrogens with zero attached hydrogens (tertiary/aromatic N) is 5. The van der Waals surface area contributed by atoms with Gasteiger partial charge in [-0.05, 0) is 43.5 Å². The van der Waals surface area contributed by atoms with Crippen LogP contribution in [-0.2, 0) is 23.1 Å². The number of pyridine rings is 1. The molecule has 0 atom stereocenters. The second-order valence-corrected chi connectivity index (χ2v) is 8.98. The van der Waals surface area contributed by atoms with Crippen LogP contribution in [0.5, 0.6) is 0 Å². The lowest BCUT2D eigenvalue weighted by Crippen LogP contribution is -2.40. The number of ether oxygens (including phenoxy) is 1. The Hall–Kier alpha value is -3.13. The summed E-state index contributed by atoms with van der Waals surface area (Å²) in [6, 6.07) is 10.5. The largest absolute Gasteiger partial charge is 0.378 e. The summed E-state index contributed by atoms with van der Waals surface area (Å²) in [6.45, 7) is 7.66. The molecule has 2 fully saturated rings. The molecule has 2 aromatic heterocycles. The molecule has 2 aliphatic rings. The first-order chi connectivity index (χ1) is 16.1. The molecule has 174 valence electrons. The normalized spacial score (nSPS) is 17.5. The first-order valence-corrected chi connectivity index (χ1v) is 11.8. The van der Waals surface area contributed by atoms with E-state index >= 15 is 0 Å². The fourth-order valence-corrected chi connectivity index (χ4v) is 4.95. The number of fused-ring (bicyclic) bond motifs is 1. The summed E-state index contributed by atoms with van der Waals surface area (Å²) in [6.07, 6.45) is 3.52. The molecule has 5 rings (SSSR count). The molecule has 0 saturated carbocycles. The van der Waals surface area contributed by atoms with Crippen LogP contribution in [0.25, 0.3) is 10.9 Å². The number of nitrogens with one attached hydrogen (secondary N) is 1. The molecule has 0 radical (unpaired) electrons. The molecule has 1 N–H and O–H groups in total. The van der Waals surface area contributed by atoms with Gasteiger partial charge in [-0.2, -0.15) is 5.10 Å². The van der Waals surface area contributed by atoms with Gasteiger partial charge < -0.3 is 19.9 Å². The molecule has 0 bridgehead atoms. The maximum Gasteiger partial charge on any atom is 0.223 e. The lowest BCUT2D eigenvalue weighted by Gasteiger charge is -2.32. The van der Waals surface area contributed by atoms with Crippen LogP contribution >= 0.6 is 0 Å². The Balaban J connectivity index is 1.15. The summed E-state index contributed by atoms with van der Waals surface area (Å²) in [7, 11) is 1.97. The highest BCUT2D eigenvalue weighted by Crippen LogP contribution is 2.29. The second-order valence-electron chi connectivity index (χ2n) is 8.98. The average Bonchev–Trinajstić information content (AvgIpc) is 3.17. The van der Waals surface area contributed by atoms with Gasteiger partial charge >= 0.3 is 0 Å². The number of amides is 1. The maximum atomic E-state index is 12.8. The van der Waals surface area contributed by atoms with Gasteiger partial charge in [0.25, 0.3) is 0 Å². The third kappa shape index (κ3) is 4.53. The minimum Gasteiger partial charge on any atom is -0.378 e. The molecule has 0 spiro atoms. The standard InChI is InChI=1S/C25H32N6O2/c1-18-22-7-10-26-24(23(22)29(2)28-18)31-11-8-20(9-12-31)25(32)27-17-19-3-5-21(6-4-19)30-13-15-33-16-14-30/h3-7,10,20H,8-9,11-17H2,1-2H3,(H,27,32). The number of anilines is 2. The van der Waals surface area contributed by atoms with Crippen molar-refractivity contribution in [2.24, 2.45) is 13.0 Å². The number of hydrogen-bond donors (Lipinski definition) is 1. The lowest BCUT2D eigenvalue weighted by molar-refractivity contribution is -0.125. The van der Waals surface area contributed by atoms with Crippen molar-refractivity contribution in [1.29, 1.82) is 0 Å². The van der Waals surface area contributed by atoms with Gasteiger partial charge in [0.2, 0.25) is 5.91 Å². The van der Waals surface area contributed by atoms with E-state index in [9.17, 15) is 4.79 Å². The number of benzene rings is 1. The van der Waals surface area contributed by atoms with E-state index in [0.29, 0.717) is 6.54 Å². The zero-order chi connectivity index (χ0) is 22.8. The van der Waals surface area contributed by atoms with Gasteiger partial charge in [0.05, 0.1) is 18.9 Å². The van der Waals surface area contributed by atoms with Crippen molar-refractivity contribution >= 4 is 28.3 Å². The van der Waals surface area contributed by atoms with Crippen molar-refractivity contribution in [2.45, 2.75) is 26.3 Å². The molecule has 8 nitrogen and oxygen atoms in total. The SMILES string of the molecule is Cc1nn(C)c2c(N3CCC(C(=O)NCc4ccc(N5CCOCC5)cc4)CC3)nccc12. The lowest BCUT2D eigenvalue weighted by atomic mass is 9.95. The number of hydrogen-bond acceptors (Lipinski definition) is 6. The first kappa shape index (κ1) is 21.7. The van der Waals surface area contributed by atoms with Gasteiger partial charge in [0.15, 0.2) is 5.82 Å². The monoisotopic (exact) mass is 448 g/mol. The van der Waals surface area contributed by atoms with Crippen LogP contribution in [-0.4, -0.2) is 60.1 Å². The summed E-state index contributed by atoms with van der Waals surface area (Å²) in [4.78, 5) is 22.1. The molecule has 0 aliphatic carbocycles. The average molecular weight is 449 g/mol. The molecule has 4 heterocycles. The molecule has 1 amide bonds. The third-order valence-electron chi connectivity index (χ3n) is 6.86. The molecule has 33 heavy (non-hydrogen) atoms. The molecule has 2 saturated heterocycles. The van der Waals surface area contributed by atoms with Crippen LogP contribution < -0.4 is 15.1 Å². The highest BCUT2D eigenvalue weighted by Gasteiger charge is 2.27. The van der Waals surface area contributed by atoms with Crippen molar-refractivity contribution in [1.82, 2.24) is 20.1 Å². The molecule has 3 aromatic rings.